The van der Waals surface area contributed by atoms with Gasteiger partial charge in [0.25, 0.3) is 0 Å². The quantitative estimate of drug-likeness (QED) is 0.316. The van der Waals surface area contributed by atoms with Crippen LogP contribution >= 0.6 is 23.1 Å². The molecule has 3 rings (SSSR count). The maximum Gasteiger partial charge on any atom is 0.191 e. The third kappa shape index (κ3) is 5.53. The van der Waals surface area contributed by atoms with Crippen LogP contribution in [0.2, 0.25) is 0 Å². The molecule has 0 aliphatic heterocycles. The van der Waals surface area contributed by atoms with Gasteiger partial charge in [0.05, 0.1) is 19.4 Å². The van der Waals surface area contributed by atoms with Crippen LogP contribution in [0.15, 0.2) is 29.4 Å². The average molecular weight is 448 g/mol. The first-order valence-corrected chi connectivity index (χ1v) is 11.3. The first-order valence-electron chi connectivity index (χ1n) is 9.47. The second-order valence-electron chi connectivity index (χ2n) is 6.37. The van der Waals surface area contributed by atoms with Crippen molar-refractivity contribution < 1.29 is 14.6 Å². The van der Waals surface area contributed by atoms with Gasteiger partial charge in [-0.3, -0.25) is 0 Å². The molecule has 2 aromatic heterocycles. The topological polar surface area (TPSA) is 129 Å². The minimum atomic E-state index is -0.0662. The number of hydrogen-bond donors (Lipinski definition) is 3. The molecule has 160 valence electrons. The predicted octanol–water partition coefficient (Wildman–Crippen LogP) is 3.39. The number of benzene rings is 1. The molecule has 0 aliphatic carbocycles. The fraction of sp³-hybridized carbons (Fsp3) is 0.350. The van der Waals surface area contributed by atoms with Gasteiger partial charge < -0.3 is 26.0 Å². The maximum absolute atomic E-state index is 9.06. The summed E-state index contributed by atoms with van der Waals surface area (Å²) in [7, 11) is 1.59. The number of aliphatic hydroxyl groups excluding tert-OH is 1. The van der Waals surface area contributed by atoms with E-state index in [1.165, 1.54) is 22.7 Å². The predicted molar refractivity (Wildman–Crippen MR) is 121 cm³/mol. The SMILES string of the molecule is CCCc1sc(-c2ccc(OC)c(OCCO)c2)nc1CSc1nc(N)cc(N)n1. The van der Waals surface area contributed by atoms with E-state index >= 15 is 0 Å². The second kappa shape index (κ2) is 10.5. The van der Waals surface area contributed by atoms with Gasteiger partial charge in [-0.25, -0.2) is 15.0 Å². The number of nitrogens with zero attached hydrogens (tertiary/aromatic N) is 3. The van der Waals surface area contributed by atoms with Crippen LogP contribution < -0.4 is 20.9 Å². The number of aromatic nitrogens is 3. The van der Waals surface area contributed by atoms with Crippen LogP contribution in [0.1, 0.15) is 23.9 Å². The van der Waals surface area contributed by atoms with E-state index in [1.807, 2.05) is 18.2 Å². The zero-order chi connectivity index (χ0) is 21.5. The molecule has 0 aliphatic rings. The molecule has 10 heteroatoms. The number of aryl methyl sites for hydroxylation is 1. The van der Waals surface area contributed by atoms with Gasteiger partial charge in [-0.15, -0.1) is 11.3 Å². The zero-order valence-corrected chi connectivity index (χ0v) is 18.6. The van der Waals surface area contributed by atoms with E-state index < -0.39 is 0 Å². The average Bonchev–Trinajstić information content (AvgIpc) is 3.13. The third-order valence-electron chi connectivity index (χ3n) is 4.10. The molecule has 3 aromatic rings. The fourth-order valence-corrected chi connectivity index (χ4v) is 4.89. The highest BCUT2D eigenvalue weighted by Crippen LogP contribution is 2.37. The van der Waals surface area contributed by atoms with Crippen molar-refractivity contribution >= 4 is 34.7 Å². The summed E-state index contributed by atoms with van der Waals surface area (Å²) in [5.74, 6) is 2.53. The van der Waals surface area contributed by atoms with Gasteiger partial charge in [0.2, 0.25) is 0 Å². The number of rotatable bonds is 10. The summed E-state index contributed by atoms with van der Waals surface area (Å²) in [5, 5.41) is 10.5. The molecule has 2 heterocycles. The Morgan fingerprint density at radius 1 is 1.10 bits per heavy atom. The van der Waals surface area contributed by atoms with Gasteiger partial charge in [0, 0.05) is 22.3 Å². The summed E-state index contributed by atoms with van der Waals surface area (Å²) in [4.78, 5) is 14.5. The number of thioether (sulfide) groups is 1. The van der Waals surface area contributed by atoms with Crippen LogP contribution in [0.5, 0.6) is 11.5 Å². The van der Waals surface area contributed by atoms with Crippen molar-refractivity contribution in [2.24, 2.45) is 0 Å². The zero-order valence-electron chi connectivity index (χ0n) is 16.9. The van der Waals surface area contributed by atoms with Crippen molar-refractivity contribution in [3.8, 4) is 22.1 Å². The van der Waals surface area contributed by atoms with Gasteiger partial charge in [0.15, 0.2) is 16.7 Å². The van der Waals surface area contributed by atoms with E-state index in [0.717, 1.165) is 29.1 Å². The highest BCUT2D eigenvalue weighted by molar-refractivity contribution is 7.98. The van der Waals surface area contributed by atoms with Gasteiger partial charge in [-0.05, 0) is 24.6 Å². The molecular weight excluding hydrogens is 422 g/mol. The molecule has 0 saturated carbocycles. The van der Waals surface area contributed by atoms with E-state index in [9.17, 15) is 0 Å². The van der Waals surface area contributed by atoms with Gasteiger partial charge >= 0.3 is 0 Å². The van der Waals surface area contributed by atoms with Crippen molar-refractivity contribution in [1.82, 2.24) is 15.0 Å². The lowest BCUT2D eigenvalue weighted by Crippen LogP contribution is -2.03. The van der Waals surface area contributed by atoms with Crippen LogP contribution in [0.25, 0.3) is 10.6 Å². The van der Waals surface area contributed by atoms with Crippen LogP contribution in [-0.2, 0) is 12.2 Å². The molecular formula is C20H25N5O3S2. The molecule has 5 N–H and O–H groups in total. The summed E-state index contributed by atoms with van der Waals surface area (Å²) in [6.07, 6.45) is 1.96. The van der Waals surface area contributed by atoms with Gasteiger partial charge in [-0.2, -0.15) is 0 Å². The Morgan fingerprint density at radius 2 is 1.87 bits per heavy atom. The van der Waals surface area contributed by atoms with Crippen LogP contribution in [0.4, 0.5) is 11.6 Å². The van der Waals surface area contributed by atoms with Crippen molar-refractivity contribution in [2.45, 2.75) is 30.7 Å². The monoisotopic (exact) mass is 447 g/mol. The summed E-state index contributed by atoms with van der Waals surface area (Å²) in [6.45, 7) is 2.28. The Bertz CT molecular complexity index is 976. The summed E-state index contributed by atoms with van der Waals surface area (Å²) in [6, 6.07) is 7.23. The summed E-state index contributed by atoms with van der Waals surface area (Å²) in [5.41, 5.74) is 13.5. The summed E-state index contributed by atoms with van der Waals surface area (Å²) < 4.78 is 11.0. The third-order valence-corrected chi connectivity index (χ3v) is 6.16. The molecule has 1 aromatic carbocycles. The number of anilines is 2. The molecule has 0 amide bonds. The Kier molecular flexibility index (Phi) is 7.72. The Balaban J connectivity index is 1.86. The maximum atomic E-state index is 9.06. The Hall–Kier alpha value is -2.56. The molecule has 0 saturated heterocycles. The molecule has 0 fully saturated rings. The molecule has 0 spiro atoms. The van der Waals surface area contributed by atoms with E-state index in [4.69, 9.17) is 31.0 Å². The molecule has 8 nitrogen and oxygen atoms in total. The van der Waals surface area contributed by atoms with E-state index in [1.54, 1.807) is 18.4 Å². The molecule has 0 radical (unpaired) electrons. The lowest BCUT2D eigenvalue weighted by Gasteiger charge is -2.10. The molecule has 30 heavy (non-hydrogen) atoms. The largest absolute Gasteiger partial charge is 0.493 e. The normalized spacial score (nSPS) is 10.9. The lowest BCUT2D eigenvalue weighted by atomic mass is 10.2. The highest BCUT2D eigenvalue weighted by Gasteiger charge is 2.15. The van der Waals surface area contributed by atoms with E-state index in [-0.39, 0.29) is 13.2 Å². The van der Waals surface area contributed by atoms with Crippen molar-refractivity contribution in [2.75, 3.05) is 31.8 Å². The number of aliphatic hydroxyl groups is 1. The van der Waals surface area contributed by atoms with E-state index in [0.29, 0.717) is 34.0 Å². The Morgan fingerprint density at radius 3 is 2.53 bits per heavy atom. The van der Waals surface area contributed by atoms with Crippen molar-refractivity contribution in [1.29, 1.82) is 0 Å². The van der Waals surface area contributed by atoms with Crippen LogP contribution in [0, 0.1) is 0 Å². The van der Waals surface area contributed by atoms with Crippen molar-refractivity contribution in [3.05, 3.63) is 34.8 Å². The minimum absolute atomic E-state index is 0.0662. The number of nitrogens with two attached hydrogens (primary N) is 2. The Labute approximate surface area is 183 Å². The minimum Gasteiger partial charge on any atom is -0.493 e. The highest BCUT2D eigenvalue weighted by atomic mass is 32.2. The molecule has 0 bridgehead atoms. The number of thiazole rings is 1. The molecule has 0 atom stereocenters. The first kappa shape index (κ1) is 22.1. The van der Waals surface area contributed by atoms with Gasteiger partial charge in [0.1, 0.15) is 23.3 Å². The summed E-state index contributed by atoms with van der Waals surface area (Å²) >= 11 is 3.12. The van der Waals surface area contributed by atoms with Crippen LogP contribution in [-0.4, -0.2) is 40.4 Å². The smallest absolute Gasteiger partial charge is 0.191 e. The van der Waals surface area contributed by atoms with Crippen molar-refractivity contribution in [3.63, 3.8) is 0 Å². The second-order valence-corrected chi connectivity index (χ2v) is 8.39. The first-order chi connectivity index (χ1) is 14.5. The number of methoxy groups -OCH3 is 1. The molecule has 0 unspecified atom stereocenters. The van der Waals surface area contributed by atoms with Crippen LogP contribution in [0.3, 0.4) is 0 Å². The number of hydrogen-bond acceptors (Lipinski definition) is 10. The fourth-order valence-electron chi connectivity index (χ4n) is 2.78. The lowest BCUT2D eigenvalue weighted by molar-refractivity contribution is 0.196. The van der Waals surface area contributed by atoms with Gasteiger partial charge in [-0.1, -0.05) is 25.1 Å². The number of ether oxygens (including phenoxy) is 2. The standard InChI is InChI=1S/C20H25N5O3S2/c1-3-4-16-13(11-29-20-24-17(21)10-18(22)25-20)23-19(30-16)12-5-6-14(27-2)15(9-12)28-8-7-26/h5-6,9-10,26H,3-4,7-8,11H2,1-2H3,(H4,21,22,24,25). The number of nitrogen functional groups attached to an aromatic ring is 2. The van der Waals surface area contributed by atoms with E-state index in [2.05, 4.69) is 16.9 Å².